The first-order valence-electron chi connectivity index (χ1n) is 11.1. The van der Waals surface area contributed by atoms with Crippen LogP contribution in [0.4, 0.5) is 13.2 Å². The highest BCUT2D eigenvalue weighted by molar-refractivity contribution is 5.94. The number of alkyl halides is 3. The van der Waals surface area contributed by atoms with Gasteiger partial charge in [-0.3, -0.25) is 13.8 Å². The van der Waals surface area contributed by atoms with Crippen molar-refractivity contribution in [3.63, 3.8) is 0 Å². The van der Waals surface area contributed by atoms with Crippen molar-refractivity contribution in [2.24, 2.45) is 7.05 Å². The molecular weight excluding hydrogens is 475 g/mol. The third kappa shape index (κ3) is 5.03. The zero-order valence-corrected chi connectivity index (χ0v) is 20.3. The summed E-state index contributed by atoms with van der Waals surface area (Å²) < 4.78 is 45.8. The number of nitrogens with zero attached hydrogens (tertiary/aromatic N) is 7. The van der Waals surface area contributed by atoms with E-state index in [2.05, 4.69) is 10.2 Å². The van der Waals surface area contributed by atoms with E-state index in [9.17, 15) is 22.8 Å². The van der Waals surface area contributed by atoms with E-state index in [1.165, 1.54) is 18.1 Å². The molecule has 12 heteroatoms. The van der Waals surface area contributed by atoms with Crippen LogP contribution in [0.5, 0.6) is 0 Å². The van der Waals surface area contributed by atoms with Crippen molar-refractivity contribution in [3.05, 3.63) is 82.1 Å². The van der Waals surface area contributed by atoms with Crippen LogP contribution in [0, 0.1) is 0 Å². The molecule has 0 saturated carbocycles. The van der Waals surface area contributed by atoms with E-state index >= 15 is 0 Å². The molecule has 0 N–H and O–H groups in total. The molecule has 0 fully saturated rings. The summed E-state index contributed by atoms with van der Waals surface area (Å²) in [5, 5.41) is 7.89. The summed E-state index contributed by atoms with van der Waals surface area (Å²) in [6.45, 7) is 0.858. The van der Waals surface area contributed by atoms with Crippen LogP contribution in [0.15, 0.2) is 53.8 Å². The Bertz CT molecular complexity index is 1470. The number of hydrogen-bond donors (Lipinski definition) is 0. The quantitative estimate of drug-likeness (QED) is 0.389. The highest BCUT2D eigenvalue weighted by Gasteiger charge is 2.35. The zero-order chi connectivity index (χ0) is 26.2. The van der Waals surface area contributed by atoms with Crippen molar-refractivity contribution < 1.29 is 18.0 Å². The van der Waals surface area contributed by atoms with Gasteiger partial charge in [0.1, 0.15) is 12.2 Å². The van der Waals surface area contributed by atoms with E-state index < -0.39 is 23.3 Å². The molecule has 0 aliphatic heterocycles. The monoisotopic (exact) mass is 501 g/mol. The topological polar surface area (TPSA) is 80.7 Å². The Labute approximate surface area is 205 Å². The molecule has 1 amide bonds. The average molecular weight is 502 g/mol. The lowest BCUT2D eigenvalue weighted by molar-refractivity contribution is -0.136. The highest BCUT2D eigenvalue weighted by atomic mass is 19.4. The van der Waals surface area contributed by atoms with Crippen LogP contribution >= 0.6 is 0 Å². The van der Waals surface area contributed by atoms with Gasteiger partial charge in [0.25, 0.3) is 5.91 Å². The standard InChI is InChI=1S/C24H26F3N7O2/c1-30(2)8-9-31(3)22(35)17-12-19(24(25,26)27)20-14-33(23(36)34(20)13-17)18-7-5-6-16(10-18)11-21-29-28-15-32(21)4/h5-7,10,12-15H,8-9,11H2,1-4H3. The maximum absolute atomic E-state index is 14.0. The van der Waals surface area contributed by atoms with Gasteiger partial charge in [-0.1, -0.05) is 12.1 Å². The van der Waals surface area contributed by atoms with Crippen molar-refractivity contribution in [1.29, 1.82) is 0 Å². The zero-order valence-electron chi connectivity index (χ0n) is 20.3. The predicted molar refractivity (Wildman–Crippen MR) is 127 cm³/mol. The fourth-order valence-electron chi connectivity index (χ4n) is 3.86. The van der Waals surface area contributed by atoms with E-state index in [4.69, 9.17) is 0 Å². The first-order chi connectivity index (χ1) is 17.0. The number of hydrogen-bond acceptors (Lipinski definition) is 5. The van der Waals surface area contributed by atoms with Crippen molar-refractivity contribution in [1.82, 2.24) is 33.5 Å². The number of carbonyl (C=O) groups is 1. The minimum absolute atomic E-state index is 0.216. The lowest BCUT2D eigenvalue weighted by Crippen LogP contribution is -2.34. The van der Waals surface area contributed by atoms with Gasteiger partial charge in [0.2, 0.25) is 0 Å². The number of pyridine rings is 1. The van der Waals surface area contributed by atoms with E-state index in [1.54, 1.807) is 36.1 Å². The van der Waals surface area contributed by atoms with Crippen LogP contribution < -0.4 is 5.69 Å². The van der Waals surface area contributed by atoms with Gasteiger partial charge in [0.05, 0.1) is 22.3 Å². The molecular formula is C24H26F3N7O2. The number of halogens is 3. The number of benzene rings is 1. The van der Waals surface area contributed by atoms with Crippen molar-refractivity contribution >= 4 is 11.4 Å². The normalized spacial score (nSPS) is 12.0. The van der Waals surface area contributed by atoms with E-state index in [-0.39, 0.29) is 11.1 Å². The maximum Gasteiger partial charge on any atom is 0.418 e. The lowest BCUT2D eigenvalue weighted by atomic mass is 10.1. The number of imidazole rings is 1. The smallest absolute Gasteiger partial charge is 0.340 e. The number of likely N-dealkylation sites (N-methyl/N-ethyl adjacent to an activating group) is 2. The Hall–Kier alpha value is -3.93. The minimum Gasteiger partial charge on any atom is -0.340 e. The summed E-state index contributed by atoms with van der Waals surface area (Å²) in [4.78, 5) is 29.3. The van der Waals surface area contributed by atoms with Gasteiger partial charge in [-0.25, -0.2) is 4.79 Å². The van der Waals surface area contributed by atoms with Crippen LogP contribution in [0.1, 0.15) is 27.3 Å². The molecule has 3 aromatic heterocycles. The van der Waals surface area contributed by atoms with Gasteiger partial charge >= 0.3 is 11.9 Å². The second-order valence-corrected chi connectivity index (χ2v) is 8.91. The summed E-state index contributed by atoms with van der Waals surface area (Å²) in [7, 11) is 6.98. The first kappa shape index (κ1) is 25.2. The molecule has 1 aromatic carbocycles. The maximum atomic E-state index is 14.0. The van der Waals surface area contributed by atoms with Gasteiger partial charge in [0, 0.05) is 46.0 Å². The van der Waals surface area contributed by atoms with Gasteiger partial charge < -0.3 is 14.4 Å². The fourth-order valence-corrected chi connectivity index (χ4v) is 3.86. The van der Waals surface area contributed by atoms with Gasteiger partial charge in [-0.05, 0) is 37.9 Å². The summed E-state index contributed by atoms with van der Waals surface area (Å²) >= 11 is 0. The number of aryl methyl sites for hydroxylation is 1. The molecule has 0 unspecified atom stereocenters. The minimum atomic E-state index is -4.77. The molecule has 0 radical (unpaired) electrons. The molecule has 4 rings (SSSR count). The third-order valence-corrected chi connectivity index (χ3v) is 5.90. The van der Waals surface area contributed by atoms with Crippen LogP contribution in [0.25, 0.3) is 11.2 Å². The van der Waals surface area contributed by atoms with Crippen LogP contribution in [0.2, 0.25) is 0 Å². The molecule has 190 valence electrons. The number of rotatable bonds is 7. The molecule has 0 aliphatic rings. The van der Waals surface area contributed by atoms with E-state index in [0.29, 0.717) is 31.0 Å². The van der Waals surface area contributed by atoms with Crippen LogP contribution in [0.3, 0.4) is 0 Å². The number of fused-ring (bicyclic) bond motifs is 1. The molecule has 0 spiro atoms. The van der Waals surface area contributed by atoms with Gasteiger partial charge in [-0.15, -0.1) is 10.2 Å². The summed E-state index contributed by atoms with van der Waals surface area (Å²) in [6.07, 6.45) is -0.453. The molecule has 0 aliphatic carbocycles. The molecule has 3 heterocycles. The van der Waals surface area contributed by atoms with Crippen LogP contribution in [-0.4, -0.2) is 73.7 Å². The summed E-state index contributed by atoms with van der Waals surface area (Å²) in [5.41, 5.74) is -1.12. The Morgan fingerprint density at radius 2 is 1.83 bits per heavy atom. The van der Waals surface area contributed by atoms with Gasteiger partial charge in [0.15, 0.2) is 0 Å². The Morgan fingerprint density at radius 1 is 1.08 bits per heavy atom. The molecule has 9 nitrogen and oxygen atoms in total. The van der Waals surface area contributed by atoms with Crippen molar-refractivity contribution in [2.45, 2.75) is 12.6 Å². The van der Waals surface area contributed by atoms with E-state index in [0.717, 1.165) is 26.8 Å². The largest absolute Gasteiger partial charge is 0.418 e. The average Bonchev–Trinajstić information content (AvgIpc) is 3.38. The Morgan fingerprint density at radius 3 is 2.47 bits per heavy atom. The van der Waals surface area contributed by atoms with E-state index in [1.807, 2.05) is 25.1 Å². The molecule has 36 heavy (non-hydrogen) atoms. The number of carbonyl (C=O) groups excluding carboxylic acids is 1. The SMILES string of the molecule is CN(C)CCN(C)C(=O)c1cc(C(F)(F)F)c2cn(-c3cccc(Cc4nncn4C)c3)c(=O)n2c1. The van der Waals surface area contributed by atoms with Crippen molar-refractivity contribution in [3.8, 4) is 5.69 Å². The number of amides is 1. The molecule has 0 atom stereocenters. The van der Waals surface area contributed by atoms with Gasteiger partial charge in [-0.2, -0.15) is 13.2 Å². The second kappa shape index (κ2) is 9.61. The predicted octanol–water partition coefficient (Wildman–Crippen LogP) is 2.46. The molecule has 0 saturated heterocycles. The second-order valence-electron chi connectivity index (χ2n) is 8.91. The Balaban J connectivity index is 1.79. The summed E-state index contributed by atoms with van der Waals surface area (Å²) in [6, 6.07) is 7.70. The fraction of sp³-hybridized carbons (Fsp3) is 0.333. The number of aromatic nitrogens is 5. The highest BCUT2D eigenvalue weighted by Crippen LogP contribution is 2.33. The first-order valence-corrected chi connectivity index (χ1v) is 11.1. The summed E-state index contributed by atoms with van der Waals surface area (Å²) in [5.74, 6) is 0.0945. The third-order valence-electron chi connectivity index (χ3n) is 5.90. The molecule has 4 aromatic rings. The lowest BCUT2D eigenvalue weighted by Gasteiger charge is -2.20. The molecule has 0 bridgehead atoms. The van der Waals surface area contributed by atoms with Crippen LogP contribution in [-0.2, 0) is 19.6 Å². The van der Waals surface area contributed by atoms with Crippen molar-refractivity contribution in [2.75, 3.05) is 34.2 Å². The Kier molecular flexibility index (Phi) is 6.72.